The second-order valence-corrected chi connectivity index (χ2v) is 10.6. The van der Waals surface area contributed by atoms with Crippen molar-refractivity contribution < 1.29 is 23.8 Å². The van der Waals surface area contributed by atoms with Crippen LogP contribution in [0.5, 0.6) is 11.5 Å². The van der Waals surface area contributed by atoms with Crippen LogP contribution in [0.2, 0.25) is 0 Å². The molecule has 35 heavy (non-hydrogen) atoms. The zero-order chi connectivity index (χ0) is 24.3. The van der Waals surface area contributed by atoms with Crippen molar-refractivity contribution in [1.29, 1.82) is 0 Å². The van der Waals surface area contributed by atoms with Gasteiger partial charge in [0.1, 0.15) is 17.6 Å². The number of hydrogen-bond donors (Lipinski definition) is 0. The molecule has 0 spiro atoms. The molecule has 4 unspecified atom stereocenters. The maximum Gasteiger partial charge on any atom is 0.296 e. The molecule has 0 saturated heterocycles. The third-order valence-electron chi connectivity index (χ3n) is 7.01. The molecule has 3 aromatic rings. The van der Waals surface area contributed by atoms with E-state index < -0.39 is 6.04 Å². The SMILES string of the molecule is COc1ccc(C2C3=C(OC4CCC(Cl)CC4C3=O)C(=O)N2c2nc3ccc(OC)cc3s2)cc1. The van der Waals surface area contributed by atoms with Crippen molar-refractivity contribution in [2.75, 3.05) is 19.1 Å². The van der Waals surface area contributed by atoms with Gasteiger partial charge in [0, 0.05) is 5.38 Å². The van der Waals surface area contributed by atoms with E-state index in [4.69, 9.17) is 30.8 Å². The van der Waals surface area contributed by atoms with Gasteiger partial charge in [0.05, 0.1) is 42.0 Å². The van der Waals surface area contributed by atoms with Crippen LogP contribution in [0.25, 0.3) is 10.2 Å². The van der Waals surface area contributed by atoms with E-state index in [1.807, 2.05) is 42.5 Å². The maximum atomic E-state index is 13.8. The number of alkyl halides is 1. The summed E-state index contributed by atoms with van der Waals surface area (Å²) >= 11 is 7.80. The van der Waals surface area contributed by atoms with Crippen LogP contribution in [-0.4, -0.2) is 42.4 Å². The van der Waals surface area contributed by atoms with Crippen molar-refractivity contribution in [3.05, 3.63) is 59.4 Å². The van der Waals surface area contributed by atoms with Crippen LogP contribution in [0.4, 0.5) is 5.13 Å². The summed E-state index contributed by atoms with van der Waals surface area (Å²) in [6.07, 6.45) is 1.64. The molecule has 2 aromatic carbocycles. The molecule has 180 valence electrons. The average Bonchev–Trinajstić information content (AvgIpc) is 3.42. The Hall–Kier alpha value is -3.10. The van der Waals surface area contributed by atoms with E-state index >= 15 is 0 Å². The molecule has 1 fully saturated rings. The summed E-state index contributed by atoms with van der Waals surface area (Å²) in [4.78, 5) is 34.0. The van der Waals surface area contributed by atoms with Crippen molar-refractivity contribution in [2.24, 2.45) is 5.92 Å². The molecule has 0 N–H and O–H groups in total. The van der Waals surface area contributed by atoms with Crippen molar-refractivity contribution in [2.45, 2.75) is 36.8 Å². The summed E-state index contributed by atoms with van der Waals surface area (Å²) < 4.78 is 17.8. The lowest BCUT2D eigenvalue weighted by molar-refractivity contribution is -0.131. The Morgan fingerprint density at radius 3 is 2.54 bits per heavy atom. The lowest BCUT2D eigenvalue weighted by Crippen LogP contribution is -2.41. The van der Waals surface area contributed by atoms with E-state index in [0.717, 1.165) is 22.2 Å². The summed E-state index contributed by atoms with van der Waals surface area (Å²) in [6, 6.07) is 12.3. The summed E-state index contributed by atoms with van der Waals surface area (Å²) in [5, 5.41) is 0.431. The monoisotopic (exact) mass is 510 g/mol. The molecular weight excluding hydrogens is 488 g/mol. The molecule has 2 aliphatic heterocycles. The fraction of sp³-hybridized carbons (Fsp3) is 0.346. The third kappa shape index (κ3) is 3.58. The first kappa shape index (κ1) is 22.4. The van der Waals surface area contributed by atoms with Gasteiger partial charge < -0.3 is 14.2 Å². The summed E-state index contributed by atoms with van der Waals surface area (Å²) in [7, 11) is 3.21. The third-order valence-corrected chi connectivity index (χ3v) is 8.42. The number of thiazole rings is 1. The number of aromatic nitrogens is 1. The van der Waals surface area contributed by atoms with Gasteiger partial charge in [-0.05, 0) is 55.2 Å². The smallest absolute Gasteiger partial charge is 0.296 e. The van der Waals surface area contributed by atoms with Gasteiger partial charge in [0.25, 0.3) is 5.91 Å². The Morgan fingerprint density at radius 2 is 1.80 bits per heavy atom. The fourth-order valence-electron chi connectivity index (χ4n) is 5.24. The van der Waals surface area contributed by atoms with Gasteiger partial charge >= 0.3 is 0 Å². The van der Waals surface area contributed by atoms with Gasteiger partial charge in [-0.1, -0.05) is 23.5 Å². The van der Waals surface area contributed by atoms with E-state index in [9.17, 15) is 9.59 Å². The minimum Gasteiger partial charge on any atom is -0.497 e. The normalized spacial score (nSPS) is 26.0. The molecule has 1 aliphatic carbocycles. The molecular formula is C26H23ClN2O5S. The van der Waals surface area contributed by atoms with Crippen LogP contribution in [0, 0.1) is 5.92 Å². The van der Waals surface area contributed by atoms with Crippen molar-refractivity contribution in [3.8, 4) is 11.5 Å². The highest BCUT2D eigenvalue weighted by Crippen LogP contribution is 2.50. The Morgan fingerprint density at radius 1 is 1.06 bits per heavy atom. The molecule has 4 atom stereocenters. The van der Waals surface area contributed by atoms with Gasteiger partial charge in [-0.2, -0.15) is 0 Å². The molecule has 1 amide bonds. The number of Topliss-reactive ketones (excluding diaryl/α,β-unsaturated/α-hetero) is 1. The Bertz CT molecular complexity index is 1370. The number of benzene rings is 2. The van der Waals surface area contributed by atoms with E-state index in [-0.39, 0.29) is 34.8 Å². The number of ether oxygens (including phenoxy) is 3. The molecule has 9 heteroatoms. The van der Waals surface area contributed by atoms with Crippen molar-refractivity contribution in [3.63, 3.8) is 0 Å². The van der Waals surface area contributed by atoms with E-state index in [1.54, 1.807) is 19.1 Å². The zero-order valence-electron chi connectivity index (χ0n) is 19.2. The van der Waals surface area contributed by atoms with Crippen molar-refractivity contribution >= 4 is 50.0 Å². The Kier molecular flexibility index (Phi) is 5.45. The Balaban J connectivity index is 1.48. The number of ketones is 1. The van der Waals surface area contributed by atoms with Gasteiger partial charge in [-0.3, -0.25) is 14.5 Å². The number of halogens is 1. The van der Waals surface area contributed by atoms with Gasteiger partial charge in [0.2, 0.25) is 0 Å². The number of hydrogen-bond acceptors (Lipinski definition) is 7. The zero-order valence-corrected chi connectivity index (χ0v) is 20.8. The average molecular weight is 511 g/mol. The minimum absolute atomic E-state index is 0.0546. The van der Waals surface area contributed by atoms with E-state index in [2.05, 4.69) is 0 Å². The molecule has 6 rings (SSSR count). The highest BCUT2D eigenvalue weighted by molar-refractivity contribution is 7.22. The first-order valence-electron chi connectivity index (χ1n) is 11.5. The second-order valence-electron chi connectivity index (χ2n) is 8.96. The van der Waals surface area contributed by atoms with Gasteiger partial charge in [0.15, 0.2) is 16.7 Å². The van der Waals surface area contributed by atoms with Crippen LogP contribution in [-0.2, 0) is 14.3 Å². The van der Waals surface area contributed by atoms with Crippen LogP contribution in [0.15, 0.2) is 53.8 Å². The lowest BCUT2D eigenvalue weighted by Gasteiger charge is -2.37. The number of anilines is 1. The second kappa shape index (κ2) is 8.53. The standard InChI is InChI=1S/C26H23ClN2O5S/c1-32-15-6-3-13(4-7-15)22-21-23(30)17-11-14(27)5-10-19(17)34-24(21)25(31)29(22)26-28-18-9-8-16(33-2)12-20(18)35-26/h3-4,6-9,12,14,17,19,22H,5,10-11H2,1-2H3. The molecule has 0 bridgehead atoms. The minimum atomic E-state index is -0.644. The van der Waals surface area contributed by atoms with E-state index in [1.165, 1.54) is 11.3 Å². The first-order chi connectivity index (χ1) is 17.0. The topological polar surface area (TPSA) is 78.0 Å². The lowest BCUT2D eigenvalue weighted by atomic mass is 9.77. The number of fused-ring (bicyclic) bond motifs is 2. The van der Waals surface area contributed by atoms with Crippen LogP contribution < -0.4 is 14.4 Å². The number of amides is 1. The quantitative estimate of drug-likeness (QED) is 0.458. The van der Waals surface area contributed by atoms with Crippen molar-refractivity contribution in [1.82, 2.24) is 4.98 Å². The number of nitrogens with zero attached hydrogens (tertiary/aromatic N) is 2. The predicted octanol–water partition coefficient (Wildman–Crippen LogP) is 5.03. The Labute approximate surface area is 211 Å². The predicted molar refractivity (Wildman–Crippen MR) is 133 cm³/mol. The number of carbonyl (C=O) groups excluding carboxylic acids is 2. The highest BCUT2D eigenvalue weighted by Gasteiger charge is 2.53. The molecule has 3 heterocycles. The number of methoxy groups -OCH3 is 2. The summed E-state index contributed by atoms with van der Waals surface area (Å²) in [5.41, 5.74) is 1.93. The van der Waals surface area contributed by atoms with E-state index in [0.29, 0.717) is 35.0 Å². The fourth-order valence-corrected chi connectivity index (χ4v) is 6.58. The molecule has 1 aromatic heterocycles. The molecule has 3 aliphatic rings. The molecule has 7 nitrogen and oxygen atoms in total. The summed E-state index contributed by atoms with van der Waals surface area (Å²) in [6.45, 7) is 0. The first-order valence-corrected chi connectivity index (χ1v) is 12.7. The van der Waals surface area contributed by atoms with Crippen LogP contribution >= 0.6 is 22.9 Å². The van der Waals surface area contributed by atoms with Crippen LogP contribution in [0.1, 0.15) is 30.9 Å². The molecule has 1 saturated carbocycles. The van der Waals surface area contributed by atoms with Crippen LogP contribution in [0.3, 0.4) is 0 Å². The number of carbonyl (C=O) groups is 2. The molecule has 0 radical (unpaired) electrons. The van der Waals surface area contributed by atoms with Gasteiger partial charge in [-0.25, -0.2) is 4.98 Å². The summed E-state index contributed by atoms with van der Waals surface area (Å²) in [5.74, 6) is 0.796. The number of rotatable bonds is 4. The maximum absolute atomic E-state index is 13.8. The highest BCUT2D eigenvalue weighted by atomic mass is 35.5. The van der Waals surface area contributed by atoms with Gasteiger partial charge in [-0.15, -0.1) is 11.6 Å². The largest absolute Gasteiger partial charge is 0.497 e.